The Kier molecular flexibility index (Phi) is 7.21. The van der Waals surface area contributed by atoms with Gasteiger partial charge in [-0.2, -0.15) is 0 Å². The molecule has 2 rings (SSSR count). The van der Waals surface area contributed by atoms with Crippen LogP contribution in [0.5, 0.6) is 0 Å². The summed E-state index contributed by atoms with van der Waals surface area (Å²) in [5, 5.41) is 7.84. The Bertz CT molecular complexity index is 636. The molecule has 1 aromatic carbocycles. The van der Waals surface area contributed by atoms with Crippen LogP contribution in [-0.2, 0) is 13.0 Å². The molecule has 0 fully saturated rings. The molecule has 0 spiro atoms. The third kappa shape index (κ3) is 5.32. The van der Waals surface area contributed by atoms with Crippen molar-refractivity contribution in [1.82, 2.24) is 20.5 Å². The first-order chi connectivity index (χ1) is 11.6. The molecule has 0 radical (unpaired) electrons. The lowest BCUT2D eigenvalue weighted by atomic mass is 10.1. The van der Waals surface area contributed by atoms with E-state index in [1.54, 1.807) is 18.4 Å². The quantitative estimate of drug-likeness (QED) is 0.598. The fourth-order valence-electron chi connectivity index (χ4n) is 2.44. The van der Waals surface area contributed by atoms with Crippen LogP contribution in [0, 0.1) is 0 Å². The molecule has 0 aliphatic carbocycles. The van der Waals surface area contributed by atoms with Gasteiger partial charge >= 0.3 is 0 Å². The molecule has 0 saturated heterocycles. The number of rotatable bonds is 7. The zero-order valence-corrected chi connectivity index (χ0v) is 15.7. The van der Waals surface area contributed by atoms with E-state index >= 15 is 0 Å². The van der Waals surface area contributed by atoms with Crippen LogP contribution in [0.2, 0.25) is 0 Å². The number of thiazole rings is 1. The molecule has 0 amide bonds. The average Bonchev–Trinajstić information content (AvgIpc) is 3.06. The molecule has 24 heavy (non-hydrogen) atoms. The second kappa shape index (κ2) is 9.39. The van der Waals surface area contributed by atoms with E-state index in [1.165, 1.54) is 10.4 Å². The second-order valence-electron chi connectivity index (χ2n) is 5.77. The van der Waals surface area contributed by atoms with E-state index in [9.17, 15) is 0 Å². The fraction of sp³-hybridized carbons (Fsp3) is 0.444. The first kappa shape index (κ1) is 18.4. The molecule has 0 aliphatic rings. The number of benzene rings is 1. The fourth-order valence-corrected chi connectivity index (χ4v) is 3.24. The van der Waals surface area contributed by atoms with E-state index in [0.29, 0.717) is 6.54 Å². The molecule has 6 heteroatoms. The number of hydrogen-bond acceptors (Lipinski definition) is 4. The molecule has 0 saturated carbocycles. The Balaban J connectivity index is 1.89. The van der Waals surface area contributed by atoms with Gasteiger partial charge in [0.1, 0.15) is 5.01 Å². The Hall–Kier alpha value is -1.92. The molecule has 2 N–H and O–H groups in total. The van der Waals surface area contributed by atoms with Gasteiger partial charge in [0.2, 0.25) is 0 Å². The second-order valence-corrected chi connectivity index (χ2v) is 6.97. The molecule has 130 valence electrons. The maximum Gasteiger partial charge on any atom is 0.191 e. The van der Waals surface area contributed by atoms with Gasteiger partial charge in [0.15, 0.2) is 5.96 Å². The van der Waals surface area contributed by atoms with Gasteiger partial charge in [-0.3, -0.25) is 4.99 Å². The number of hydrogen-bond donors (Lipinski definition) is 2. The molecule has 1 atom stereocenters. The molecule has 1 aromatic heterocycles. The van der Waals surface area contributed by atoms with Gasteiger partial charge in [-0.25, -0.2) is 4.98 Å². The predicted molar refractivity (Wildman–Crippen MR) is 103 cm³/mol. The van der Waals surface area contributed by atoms with Gasteiger partial charge < -0.3 is 15.5 Å². The Morgan fingerprint density at radius 1 is 1.25 bits per heavy atom. The van der Waals surface area contributed by atoms with Crippen LogP contribution in [0.15, 0.2) is 41.5 Å². The summed E-state index contributed by atoms with van der Waals surface area (Å²) in [7, 11) is 5.98. The minimum Gasteiger partial charge on any atom is -0.354 e. The normalized spacial score (nSPS) is 13.1. The largest absolute Gasteiger partial charge is 0.354 e. The van der Waals surface area contributed by atoms with E-state index in [-0.39, 0.29) is 6.04 Å². The van der Waals surface area contributed by atoms with Crippen molar-refractivity contribution >= 4 is 17.3 Å². The van der Waals surface area contributed by atoms with Gasteiger partial charge in [-0.15, -0.1) is 11.3 Å². The van der Waals surface area contributed by atoms with E-state index in [0.717, 1.165) is 23.9 Å². The lowest BCUT2D eigenvalue weighted by Gasteiger charge is -2.26. The summed E-state index contributed by atoms with van der Waals surface area (Å²) in [4.78, 5) is 12.3. The topological polar surface area (TPSA) is 52.6 Å². The van der Waals surface area contributed by atoms with Gasteiger partial charge in [0.05, 0.1) is 12.6 Å². The van der Waals surface area contributed by atoms with Crippen LogP contribution in [0.4, 0.5) is 0 Å². The van der Waals surface area contributed by atoms with Crippen molar-refractivity contribution in [3.05, 3.63) is 52.0 Å². The van der Waals surface area contributed by atoms with Gasteiger partial charge in [0, 0.05) is 24.7 Å². The molecule has 1 unspecified atom stereocenters. The van der Waals surface area contributed by atoms with Crippen molar-refractivity contribution in [3.8, 4) is 0 Å². The zero-order chi connectivity index (χ0) is 17.4. The van der Waals surface area contributed by atoms with Crippen molar-refractivity contribution in [1.29, 1.82) is 0 Å². The average molecular weight is 346 g/mol. The lowest BCUT2D eigenvalue weighted by Crippen LogP contribution is -2.41. The van der Waals surface area contributed by atoms with Crippen molar-refractivity contribution in [3.63, 3.8) is 0 Å². The van der Waals surface area contributed by atoms with Crippen molar-refractivity contribution in [2.24, 2.45) is 4.99 Å². The van der Waals surface area contributed by atoms with Crippen LogP contribution in [0.1, 0.15) is 28.4 Å². The van der Waals surface area contributed by atoms with Gasteiger partial charge in [0.25, 0.3) is 0 Å². The molecule has 2 aromatic rings. The van der Waals surface area contributed by atoms with E-state index in [1.807, 2.05) is 12.3 Å². The SMILES string of the molecule is CCc1cnc(CNC(=NC)NCC(c2ccccc2)N(C)C)s1. The van der Waals surface area contributed by atoms with Crippen molar-refractivity contribution in [2.75, 3.05) is 27.7 Å². The maximum absolute atomic E-state index is 4.43. The predicted octanol–water partition coefficient (Wildman–Crippen LogP) is 2.67. The summed E-state index contributed by atoms with van der Waals surface area (Å²) >= 11 is 1.75. The smallest absolute Gasteiger partial charge is 0.191 e. The molecular formula is C18H27N5S. The van der Waals surface area contributed by atoms with Gasteiger partial charge in [-0.05, 0) is 26.1 Å². The highest BCUT2D eigenvalue weighted by Gasteiger charge is 2.14. The van der Waals surface area contributed by atoms with Crippen molar-refractivity contribution < 1.29 is 0 Å². The summed E-state index contributed by atoms with van der Waals surface area (Å²) in [5.74, 6) is 0.797. The number of likely N-dealkylation sites (N-methyl/N-ethyl adjacent to an activating group) is 1. The molecular weight excluding hydrogens is 318 g/mol. The molecule has 0 bridgehead atoms. The number of guanidine groups is 1. The summed E-state index contributed by atoms with van der Waals surface area (Å²) in [5.41, 5.74) is 1.29. The van der Waals surface area contributed by atoms with Crippen LogP contribution in [0.3, 0.4) is 0 Å². The van der Waals surface area contributed by atoms with E-state index in [4.69, 9.17) is 0 Å². The number of aryl methyl sites for hydroxylation is 1. The Morgan fingerprint density at radius 2 is 2.00 bits per heavy atom. The third-order valence-electron chi connectivity index (χ3n) is 3.85. The Labute approximate surface area is 148 Å². The van der Waals surface area contributed by atoms with Crippen LogP contribution in [0.25, 0.3) is 0 Å². The summed E-state index contributed by atoms with van der Waals surface area (Å²) in [6.45, 7) is 3.63. The highest BCUT2D eigenvalue weighted by molar-refractivity contribution is 7.11. The number of aromatic nitrogens is 1. The minimum absolute atomic E-state index is 0.288. The maximum atomic E-state index is 4.43. The summed E-state index contributed by atoms with van der Waals surface area (Å²) in [6, 6.07) is 10.8. The molecule has 5 nitrogen and oxygen atoms in total. The Morgan fingerprint density at radius 3 is 2.58 bits per heavy atom. The highest BCUT2D eigenvalue weighted by atomic mass is 32.1. The summed E-state index contributed by atoms with van der Waals surface area (Å²) < 4.78 is 0. The van der Waals surface area contributed by atoms with E-state index in [2.05, 4.69) is 70.8 Å². The summed E-state index contributed by atoms with van der Waals surface area (Å²) in [6.07, 6.45) is 2.99. The standard InChI is InChI=1S/C18H27N5S/c1-5-15-11-20-17(24-15)13-22-18(19-2)21-12-16(23(3)4)14-9-7-6-8-10-14/h6-11,16H,5,12-13H2,1-4H3,(H2,19,21,22). The highest BCUT2D eigenvalue weighted by Crippen LogP contribution is 2.16. The first-order valence-corrected chi connectivity index (χ1v) is 9.05. The number of nitrogens with zero attached hydrogens (tertiary/aromatic N) is 3. The van der Waals surface area contributed by atoms with Crippen LogP contribution >= 0.6 is 11.3 Å². The third-order valence-corrected chi connectivity index (χ3v) is 4.99. The molecule has 0 aliphatic heterocycles. The first-order valence-electron chi connectivity index (χ1n) is 8.23. The minimum atomic E-state index is 0.288. The zero-order valence-electron chi connectivity index (χ0n) is 14.9. The van der Waals surface area contributed by atoms with Crippen molar-refractivity contribution in [2.45, 2.75) is 25.9 Å². The number of nitrogens with one attached hydrogen (secondary N) is 2. The number of aliphatic imine (C=N–C) groups is 1. The van der Waals surface area contributed by atoms with E-state index < -0.39 is 0 Å². The monoisotopic (exact) mass is 345 g/mol. The molecule has 1 heterocycles. The van der Waals surface area contributed by atoms with Crippen LogP contribution in [-0.4, -0.2) is 43.5 Å². The van der Waals surface area contributed by atoms with Crippen LogP contribution < -0.4 is 10.6 Å². The lowest BCUT2D eigenvalue weighted by molar-refractivity contribution is 0.298. The van der Waals surface area contributed by atoms with Gasteiger partial charge in [-0.1, -0.05) is 37.3 Å².